The van der Waals surface area contributed by atoms with Crippen LogP contribution in [0.2, 0.25) is 0 Å². The molecule has 0 radical (unpaired) electrons. The summed E-state index contributed by atoms with van der Waals surface area (Å²) in [5.41, 5.74) is 0.287. The van der Waals surface area contributed by atoms with Gasteiger partial charge in [-0.25, -0.2) is 9.78 Å². The lowest BCUT2D eigenvalue weighted by molar-refractivity contribution is 0.0361. The Morgan fingerprint density at radius 2 is 1.90 bits per heavy atom. The van der Waals surface area contributed by atoms with Crippen molar-refractivity contribution in [1.82, 2.24) is 23.6 Å². The van der Waals surface area contributed by atoms with Gasteiger partial charge >= 0.3 is 5.69 Å². The van der Waals surface area contributed by atoms with E-state index in [4.69, 9.17) is 4.74 Å². The molecule has 0 atom stereocenters. The molecule has 0 spiro atoms. The summed E-state index contributed by atoms with van der Waals surface area (Å²) < 4.78 is 9.67. The summed E-state index contributed by atoms with van der Waals surface area (Å²) >= 11 is 0. The molecular weight excluding hydrogens is 274 g/mol. The molecule has 0 bridgehead atoms. The van der Waals surface area contributed by atoms with Gasteiger partial charge in [-0.15, -0.1) is 0 Å². The normalized spacial score (nSPS) is 16.7. The number of rotatable bonds is 3. The lowest BCUT2D eigenvalue weighted by Gasteiger charge is -2.26. The van der Waals surface area contributed by atoms with Crippen molar-refractivity contribution in [3.8, 4) is 0 Å². The first-order valence-corrected chi connectivity index (χ1v) is 7.00. The van der Waals surface area contributed by atoms with Gasteiger partial charge in [-0.2, -0.15) is 0 Å². The molecule has 1 aliphatic heterocycles. The number of hydrogen-bond donors (Lipinski definition) is 0. The van der Waals surface area contributed by atoms with E-state index in [1.165, 1.54) is 9.13 Å². The maximum atomic E-state index is 12.5. The van der Waals surface area contributed by atoms with Crippen LogP contribution in [0.3, 0.4) is 0 Å². The average molecular weight is 293 g/mol. The zero-order valence-corrected chi connectivity index (χ0v) is 12.3. The van der Waals surface area contributed by atoms with Crippen LogP contribution in [-0.2, 0) is 25.4 Å². The molecule has 2 aromatic rings. The van der Waals surface area contributed by atoms with Crippen molar-refractivity contribution in [2.24, 2.45) is 14.1 Å². The van der Waals surface area contributed by atoms with E-state index in [1.54, 1.807) is 25.0 Å². The molecule has 0 saturated carbocycles. The smallest absolute Gasteiger partial charge is 0.332 e. The van der Waals surface area contributed by atoms with Gasteiger partial charge in [0.25, 0.3) is 5.56 Å². The van der Waals surface area contributed by atoms with Gasteiger partial charge in [0, 0.05) is 40.3 Å². The molecule has 0 amide bonds. The molecule has 0 aliphatic carbocycles. The Labute approximate surface area is 121 Å². The van der Waals surface area contributed by atoms with Crippen LogP contribution >= 0.6 is 0 Å². The maximum Gasteiger partial charge on any atom is 0.332 e. The minimum absolute atomic E-state index is 0.277. The van der Waals surface area contributed by atoms with E-state index >= 15 is 0 Å². The standard InChI is InChI=1S/C13H19N5O3/c1-15-9-14-11-10(15)12(19)18(13(20)16(11)2)4-3-17-5-7-21-8-6-17/h9H,3-8H2,1-2H3. The number of aromatic nitrogens is 4. The molecular formula is C13H19N5O3. The first-order chi connectivity index (χ1) is 10.1. The minimum atomic E-state index is -0.320. The van der Waals surface area contributed by atoms with Crippen LogP contribution in [0.25, 0.3) is 11.2 Å². The number of ether oxygens (including phenoxy) is 1. The molecule has 0 aromatic carbocycles. The number of imidazole rings is 1. The molecule has 0 N–H and O–H groups in total. The van der Waals surface area contributed by atoms with Crippen molar-refractivity contribution < 1.29 is 4.74 Å². The van der Waals surface area contributed by atoms with Gasteiger partial charge in [0.05, 0.1) is 19.5 Å². The van der Waals surface area contributed by atoms with E-state index in [2.05, 4.69) is 9.88 Å². The highest BCUT2D eigenvalue weighted by Crippen LogP contribution is 2.03. The molecule has 3 heterocycles. The highest BCUT2D eigenvalue weighted by atomic mass is 16.5. The maximum absolute atomic E-state index is 12.5. The van der Waals surface area contributed by atoms with Crippen molar-refractivity contribution >= 4 is 11.2 Å². The largest absolute Gasteiger partial charge is 0.379 e. The van der Waals surface area contributed by atoms with Crippen molar-refractivity contribution in [1.29, 1.82) is 0 Å². The molecule has 0 unspecified atom stereocenters. The molecule has 114 valence electrons. The van der Waals surface area contributed by atoms with Gasteiger partial charge in [0.1, 0.15) is 0 Å². The minimum Gasteiger partial charge on any atom is -0.379 e. The molecule has 21 heavy (non-hydrogen) atoms. The summed E-state index contributed by atoms with van der Waals surface area (Å²) in [6.07, 6.45) is 1.55. The van der Waals surface area contributed by atoms with Crippen molar-refractivity contribution in [3.63, 3.8) is 0 Å². The highest BCUT2D eigenvalue weighted by molar-refractivity contribution is 5.69. The predicted octanol–water partition coefficient (Wildman–Crippen LogP) is -1.23. The van der Waals surface area contributed by atoms with Crippen molar-refractivity contribution in [3.05, 3.63) is 27.2 Å². The van der Waals surface area contributed by atoms with Crippen molar-refractivity contribution in [2.45, 2.75) is 6.54 Å². The fraction of sp³-hybridized carbons (Fsp3) is 0.615. The zero-order chi connectivity index (χ0) is 15.0. The number of hydrogen-bond acceptors (Lipinski definition) is 5. The lowest BCUT2D eigenvalue weighted by atomic mass is 10.4. The Bertz CT molecular complexity index is 766. The Kier molecular flexibility index (Phi) is 3.64. The van der Waals surface area contributed by atoms with E-state index in [9.17, 15) is 9.59 Å². The lowest BCUT2D eigenvalue weighted by Crippen LogP contribution is -2.44. The Morgan fingerprint density at radius 1 is 1.19 bits per heavy atom. The van der Waals surface area contributed by atoms with E-state index in [0.29, 0.717) is 37.5 Å². The number of aryl methyl sites for hydroxylation is 2. The van der Waals surface area contributed by atoms with Gasteiger partial charge < -0.3 is 9.30 Å². The average Bonchev–Trinajstić information content (AvgIpc) is 2.88. The number of morpholine rings is 1. The predicted molar refractivity (Wildman–Crippen MR) is 77.5 cm³/mol. The third-order valence-corrected chi connectivity index (χ3v) is 3.94. The van der Waals surface area contributed by atoms with Crippen LogP contribution in [-0.4, -0.2) is 56.4 Å². The van der Waals surface area contributed by atoms with Gasteiger partial charge in [-0.3, -0.25) is 18.8 Å². The van der Waals surface area contributed by atoms with E-state index in [-0.39, 0.29) is 11.2 Å². The summed E-state index contributed by atoms with van der Waals surface area (Å²) in [5, 5.41) is 0. The SMILES string of the molecule is Cn1cnc2c1c(=O)n(CCN1CCOCC1)c(=O)n2C. The van der Waals surface area contributed by atoms with Crippen molar-refractivity contribution in [2.75, 3.05) is 32.8 Å². The second-order valence-corrected chi connectivity index (χ2v) is 5.28. The van der Waals surface area contributed by atoms with E-state index in [0.717, 1.165) is 13.1 Å². The van der Waals surface area contributed by atoms with Gasteiger partial charge in [-0.05, 0) is 0 Å². The molecule has 1 saturated heterocycles. The number of fused-ring (bicyclic) bond motifs is 1. The fourth-order valence-electron chi connectivity index (χ4n) is 2.66. The topological polar surface area (TPSA) is 74.3 Å². The number of nitrogens with zero attached hydrogens (tertiary/aromatic N) is 5. The second-order valence-electron chi connectivity index (χ2n) is 5.28. The van der Waals surface area contributed by atoms with E-state index in [1.807, 2.05) is 0 Å². The van der Waals surface area contributed by atoms with E-state index < -0.39 is 0 Å². The van der Waals surface area contributed by atoms with Gasteiger partial charge in [0.15, 0.2) is 11.2 Å². The fourth-order valence-corrected chi connectivity index (χ4v) is 2.66. The molecule has 8 nitrogen and oxygen atoms in total. The van der Waals surface area contributed by atoms with Crippen LogP contribution in [0.1, 0.15) is 0 Å². The molecule has 3 rings (SSSR count). The molecule has 2 aromatic heterocycles. The molecule has 1 aliphatic rings. The Balaban J connectivity index is 1.96. The van der Waals surface area contributed by atoms with Crippen LogP contribution in [0.4, 0.5) is 0 Å². The monoisotopic (exact) mass is 293 g/mol. The summed E-state index contributed by atoms with van der Waals surface area (Å²) in [4.78, 5) is 31.1. The highest BCUT2D eigenvalue weighted by Gasteiger charge is 2.16. The second kappa shape index (κ2) is 5.45. The van der Waals surface area contributed by atoms with Crippen LogP contribution < -0.4 is 11.2 Å². The summed E-state index contributed by atoms with van der Waals surface area (Å²) in [6.45, 7) is 4.13. The Hall–Kier alpha value is -1.93. The summed E-state index contributed by atoms with van der Waals surface area (Å²) in [7, 11) is 3.40. The van der Waals surface area contributed by atoms with Crippen LogP contribution in [0.15, 0.2) is 15.9 Å². The zero-order valence-electron chi connectivity index (χ0n) is 12.3. The third-order valence-electron chi connectivity index (χ3n) is 3.94. The summed E-state index contributed by atoms with van der Waals surface area (Å²) in [6, 6.07) is 0. The molecule has 1 fully saturated rings. The van der Waals surface area contributed by atoms with Gasteiger partial charge in [-0.1, -0.05) is 0 Å². The van der Waals surface area contributed by atoms with Crippen LogP contribution in [0, 0.1) is 0 Å². The molecule has 8 heteroatoms. The van der Waals surface area contributed by atoms with Gasteiger partial charge in [0.2, 0.25) is 0 Å². The third kappa shape index (κ3) is 2.40. The first kappa shape index (κ1) is 14.0. The first-order valence-electron chi connectivity index (χ1n) is 7.00. The van der Waals surface area contributed by atoms with Crippen LogP contribution in [0.5, 0.6) is 0 Å². The Morgan fingerprint density at radius 3 is 2.62 bits per heavy atom. The quantitative estimate of drug-likeness (QED) is 0.708. The summed E-state index contributed by atoms with van der Waals surface area (Å²) in [5.74, 6) is 0.